The molecule has 1 aliphatic heterocycles. The number of amides is 1. The highest BCUT2D eigenvalue weighted by molar-refractivity contribution is 5.76. The lowest BCUT2D eigenvalue weighted by Gasteiger charge is -2.39. The van der Waals surface area contributed by atoms with Gasteiger partial charge in [-0.3, -0.25) is 4.79 Å². The molecule has 3 nitrogen and oxygen atoms in total. The normalized spacial score (nSPS) is 21.4. The maximum Gasteiger partial charge on any atom is 0.220 e. The maximum absolute atomic E-state index is 11.9. The second-order valence-electron chi connectivity index (χ2n) is 6.39. The van der Waals surface area contributed by atoms with Gasteiger partial charge in [-0.15, -0.1) is 0 Å². The van der Waals surface area contributed by atoms with E-state index in [-0.39, 0.29) is 11.3 Å². The Morgan fingerprint density at radius 2 is 2.10 bits per heavy atom. The van der Waals surface area contributed by atoms with Gasteiger partial charge >= 0.3 is 0 Å². The number of hydrogen-bond acceptors (Lipinski definition) is 2. The first-order valence-corrected chi connectivity index (χ1v) is 7.62. The lowest BCUT2D eigenvalue weighted by Crippen LogP contribution is -2.52. The number of hydrogen-bond donors (Lipinski definition) is 2. The second-order valence-corrected chi connectivity index (χ2v) is 6.39. The summed E-state index contributed by atoms with van der Waals surface area (Å²) in [5.74, 6) is 0.150. The lowest BCUT2D eigenvalue weighted by molar-refractivity contribution is -0.121. The molecule has 1 atom stereocenters. The third-order valence-electron chi connectivity index (χ3n) is 4.32. The molecule has 1 unspecified atom stereocenters. The van der Waals surface area contributed by atoms with Gasteiger partial charge in [-0.1, -0.05) is 44.2 Å². The van der Waals surface area contributed by atoms with Crippen molar-refractivity contribution in [1.29, 1.82) is 0 Å². The van der Waals surface area contributed by atoms with Crippen LogP contribution in [-0.4, -0.2) is 25.0 Å². The standard InChI is InChI=1S/C17H26N2O/c1-17(2)11-6-12-18-15(17)13-19-16(20)10-9-14-7-4-3-5-8-14/h3-5,7-8,15,18H,6,9-13H2,1-2H3,(H,19,20). The van der Waals surface area contributed by atoms with E-state index in [1.807, 2.05) is 18.2 Å². The van der Waals surface area contributed by atoms with Crippen LogP contribution < -0.4 is 10.6 Å². The highest BCUT2D eigenvalue weighted by Gasteiger charge is 2.31. The SMILES string of the molecule is CC1(C)CCCNC1CNC(=O)CCc1ccccc1. The molecular formula is C17H26N2O. The van der Waals surface area contributed by atoms with Gasteiger partial charge in [0.15, 0.2) is 0 Å². The summed E-state index contributed by atoms with van der Waals surface area (Å²) < 4.78 is 0. The predicted molar refractivity (Wildman–Crippen MR) is 82.6 cm³/mol. The van der Waals surface area contributed by atoms with Gasteiger partial charge < -0.3 is 10.6 Å². The van der Waals surface area contributed by atoms with Gasteiger partial charge in [-0.05, 0) is 36.8 Å². The van der Waals surface area contributed by atoms with Crippen LogP contribution in [0.2, 0.25) is 0 Å². The molecule has 0 saturated carbocycles. The average Bonchev–Trinajstić information content (AvgIpc) is 2.44. The largest absolute Gasteiger partial charge is 0.355 e. The Morgan fingerprint density at radius 1 is 1.35 bits per heavy atom. The van der Waals surface area contributed by atoms with E-state index in [9.17, 15) is 4.79 Å². The van der Waals surface area contributed by atoms with Crippen LogP contribution in [0, 0.1) is 5.41 Å². The van der Waals surface area contributed by atoms with Crippen LogP contribution in [0.25, 0.3) is 0 Å². The molecule has 1 fully saturated rings. The quantitative estimate of drug-likeness (QED) is 0.866. The molecule has 20 heavy (non-hydrogen) atoms. The van der Waals surface area contributed by atoms with Crippen molar-refractivity contribution in [2.24, 2.45) is 5.41 Å². The summed E-state index contributed by atoms with van der Waals surface area (Å²) in [6.45, 7) is 6.36. The number of piperidine rings is 1. The summed E-state index contributed by atoms with van der Waals surface area (Å²) in [6, 6.07) is 10.6. The van der Waals surface area contributed by atoms with Gasteiger partial charge in [0.1, 0.15) is 0 Å². The van der Waals surface area contributed by atoms with Crippen molar-refractivity contribution in [3.63, 3.8) is 0 Å². The van der Waals surface area contributed by atoms with Crippen LogP contribution >= 0.6 is 0 Å². The fraction of sp³-hybridized carbons (Fsp3) is 0.588. The Kier molecular flexibility index (Phi) is 5.18. The van der Waals surface area contributed by atoms with Gasteiger partial charge in [-0.25, -0.2) is 0 Å². The molecule has 2 rings (SSSR count). The Hall–Kier alpha value is -1.35. The summed E-state index contributed by atoms with van der Waals surface area (Å²) in [7, 11) is 0. The molecule has 0 aliphatic carbocycles. The van der Waals surface area contributed by atoms with Crippen LogP contribution in [-0.2, 0) is 11.2 Å². The molecule has 1 amide bonds. The van der Waals surface area contributed by atoms with Crippen LogP contribution in [0.5, 0.6) is 0 Å². The number of nitrogens with one attached hydrogen (secondary N) is 2. The fourth-order valence-corrected chi connectivity index (χ4v) is 2.83. The average molecular weight is 274 g/mol. The molecule has 0 radical (unpaired) electrons. The van der Waals surface area contributed by atoms with Gasteiger partial charge in [0.25, 0.3) is 0 Å². The van der Waals surface area contributed by atoms with E-state index in [0.29, 0.717) is 12.5 Å². The van der Waals surface area contributed by atoms with Gasteiger partial charge in [-0.2, -0.15) is 0 Å². The molecule has 3 heteroatoms. The Labute approximate surface area is 122 Å². The Morgan fingerprint density at radius 3 is 2.80 bits per heavy atom. The number of carbonyl (C=O) groups is 1. The Balaban J connectivity index is 1.72. The molecule has 0 aromatic heterocycles. The summed E-state index contributed by atoms with van der Waals surface area (Å²) in [5, 5.41) is 6.60. The molecule has 2 N–H and O–H groups in total. The van der Waals surface area contributed by atoms with Gasteiger partial charge in [0.2, 0.25) is 5.91 Å². The summed E-state index contributed by atoms with van der Waals surface area (Å²) in [4.78, 5) is 11.9. The van der Waals surface area contributed by atoms with Crippen molar-refractivity contribution in [3.05, 3.63) is 35.9 Å². The highest BCUT2D eigenvalue weighted by Crippen LogP contribution is 2.29. The molecular weight excluding hydrogens is 248 g/mol. The van der Waals surface area contributed by atoms with E-state index >= 15 is 0 Å². The first-order valence-electron chi connectivity index (χ1n) is 7.62. The molecule has 1 aromatic rings. The minimum Gasteiger partial charge on any atom is -0.355 e. The van der Waals surface area contributed by atoms with Gasteiger partial charge in [0, 0.05) is 19.0 Å². The van der Waals surface area contributed by atoms with Crippen molar-refractivity contribution in [2.45, 2.75) is 45.6 Å². The fourth-order valence-electron chi connectivity index (χ4n) is 2.83. The van der Waals surface area contributed by atoms with Crippen molar-refractivity contribution in [2.75, 3.05) is 13.1 Å². The molecule has 0 bridgehead atoms. The zero-order valence-electron chi connectivity index (χ0n) is 12.6. The van der Waals surface area contributed by atoms with Crippen molar-refractivity contribution in [3.8, 4) is 0 Å². The molecule has 1 aromatic carbocycles. The zero-order chi connectivity index (χ0) is 14.4. The minimum atomic E-state index is 0.150. The van der Waals surface area contributed by atoms with E-state index in [1.165, 1.54) is 18.4 Å². The third kappa shape index (κ3) is 4.34. The first-order chi connectivity index (χ1) is 9.58. The van der Waals surface area contributed by atoms with Crippen LogP contribution in [0.3, 0.4) is 0 Å². The number of aryl methyl sites for hydroxylation is 1. The molecule has 0 spiro atoms. The highest BCUT2D eigenvalue weighted by atomic mass is 16.1. The zero-order valence-corrected chi connectivity index (χ0v) is 12.6. The molecule has 110 valence electrons. The van der Waals surface area contributed by atoms with E-state index in [2.05, 4.69) is 36.6 Å². The van der Waals surface area contributed by atoms with E-state index < -0.39 is 0 Å². The molecule has 1 saturated heterocycles. The summed E-state index contributed by atoms with van der Waals surface area (Å²) in [5.41, 5.74) is 1.49. The summed E-state index contributed by atoms with van der Waals surface area (Å²) >= 11 is 0. The lowest BCUT2D eigenvalue weighted by atomic mass is 9.77. The number of benzene rings is 1. The van der Waals surface area contributed by atoms with Crippen molar-refractivity contribution in [1.82, 2.24) is 10.6 Å². The third-order valence-corrected chi connectivity index (χ3v) is 4.32. The minimum absolute atomic E-state index is 0.150. The van der Waals surface area contributed by atoms with Crippen LogP contribution in [0.1, 0.15) is 38.7 Å². The van der Waals surface area contributed by atoms with E-state index in [1.54, 1.807) is 0 Å². The molecule has 1 aliphatic rings. The predicted octanol–water partition coefficient (Wildman–Crippen LogP) is 2.51. The van der Waals surface area contributed by atoms with Crippen molar-refractivity contribution < 1.29 is 4.79 Å². The first kappa shape index (κ1) is 15.0. The van der Waals surface area contributed by atoms with E-state index in [0.717, 1.165) is 19.5 Å². The number of rotatable bonds is 5. The van der Waals surface area contributed by atoms with Crippen molar-refractivity contribution >= 4 is 5.91 Å². The monoisotopic (exact) mass is 274 g/mol. The molecule has 1 heterocycles. The smallest absolute Gasteiger partial charge is 0.220 e. The second kappa shape index (κ2) is 6.89. The van der Waals surface area contributed by atoms with Gasteiger partial charge in [0.05, 0.1) is 0 Å². The number of carbonyl (C=O) groups excluding carboxylic acids is 1. The summed E-state index contributed by atoms with van der Waals surface area (Å²) in [6.07, 6.45) is 3.83. The van der Waals surface area contributed by atoms with E-state index in [4.69, 9.17) is 0 Å². The van der Waals surface area contributed by atoms with Crippen LogP contribution in [0.15, 0.2) is 30.3 Å². The van der Waals surface area contributed by atoms with Crippen LogP contribution in [0.4, 0.5) is 0 Å². The Bertz CT molecular complexity index is 428. The maximum atomic E-state index is 11.9. The topological polar surface area (TPSA) is 41.1 Å².